The largest absolute Gasteiger partial charge is 0.480 e. The monoisotopic (exact) mass is 245 g/mol. The zero-order valence-corrected chi connectivity index (χ0v) is 9.25. The molecule has 0 fully saturated rings. The maximum Gasteiger partial charge on any atom is 0.344 e. The molecule has 88 valence electrons. The van der Waals surface area contributed by atoms with Crippen LogP contribution in [0.25, 0.3) is 0 Å². The van der Waals surface area contributed by atoms with Crippen molar-refractivity contribution < 1.29 is 24.3 Å². The number of nitrogens with zero attached hydrogens (tertiary/aromatic N) is 1. The molecule has 0 aliphatic heterocycles. The molecule has 0 heterocycles. The van der Waals surface area contributed by atoms with Crippen LogP contribution in [0.1, 0.15) is 0 Å². The molecule has 1 aromatic carbocycles. The number of hydrogen-bond acceptors (Lipinski definition) is 3. The lowest BCUT2D eigenvalue weighted by Crippen LogP contribution is -2.30. The maximum atomic E-state index is 10.9. The van der Waals surface area contributed by atoms with E-state index in [1.807, 2.05) is 0 Å². The molecule has 0 amide bonds. The van der Waals surface area contributed by atoms with Gasteiger partial charge in [0.05, 0.1) is 0 Å². The van der Waals surface area contributed by atoms with Gasteiger partial charge in [-0.25, -0.2) is 0 Å². The first-order valence-electron chi connectivity index (χ1n) is 4.45. The molecule has 0 atom stereocenters. The summed E-state index contributed by atoms with van der Waals surface area (Å²) < 4.78 is 10.9. The van der Waals surface area contributed by atoms with Crippen LogP contribution in [-0.4, -0.2) is 33.7 Å². The molecule has 0 aliphatic carbocycles. The van der Waals surface area contributed by atoms with Crippen molar-refractivity contribution in [1.82, 2.24) is 0 Å². The van der Waals surface area contributed by atoms with Crippen molar-refractivity contribution in [2.45, 2.75) is 0 Å². The molecule has 0 unspecified atom stereocenters. The number of para-hydroxylation sites is 1. The molecular formula is C9H12NO5P. The summed E-state index contributed by atoms with van der Waals surface area (Å²) >= 11 is 0. The highest BCUT2D eigenvalue weighted by molar-refractivity contribution is 7.51. The number of carbonyl (C=O) groups is 1. The molecular weight excluding hydrogens is 233 g/mol. The first-order chi connectivity index (χ1) is 7.38. The summed E-state index contributed by atoms with van der Waals surface area (Å²) in [5.41, 5.74) is 0.466. The van der Waals surface area contributed by atoms with Crippen LogP contribution in [0.2, 0.25) is 0 Å². The van der Waals surface area contributed by atoms with Crippen LogP contribution in [0, 0.1) is 0 Å². The third-order valence-corrected chi connectivity index (χ3v) is 2.51. The molecule has 0 bridgehead atoms. The van der Waals surface area contributed by atoms with Gasteiger partial charge in [0.25, 0.3) is 0 Å². The minimum atomic E-state index is -4.28. The van der Waals surface area contributed by atoms with Crippen molar-refractivity contribution >= 4 is 19.3 Å². The Kier molecular flexibility index (Phi) is 4.06. The Bertz CT molecular complexity index is 402. The molecule has 0 spiro atoms. The Hall–Kier alpha value is -1.36. The van der Waals surface area contributed by atoms with E-state index in [2.05, 4.69) is 0 Å². The van der Waals surface area contributed by atoms with Gasteiger partial charge < -0.3 is 19.8 Å². The summed E-state index contributed by atoms with van der Waals surface area (Å²) in [6, 6.07) is 8.27. The summed E-state index contributed by atoms with van der Waals surface area (Å²) in [5.74, 6) is -1.14. The average Bonchev–Trinajstić information content (AvgIpc) is 2.15. The molecule has 0 radical (unpaired) electrons. The molecule has 0 saturated heterocycles. The maximum absolute atomic E-state index is 10.9. The highest BCUT2D eigenvalue weighted by atomic mass is 31.2. The lowest BCUT2D eigenvalue weighted by atomic mass is 10.3. The van der Waals surface area contributed by atoms with E-state index in [-0.39, 0.29) is 0 Å². The number of benzene rings is 1. The third-order valence-electron chi connectivity index (χ3n) is 1.80. The second-order valence-electron chi connectivity index (χ2n) is 3.23. The molecule has 16 heavy (non-hydrogen) atoms. The minimum absolute atomic E-state index is 0.449. The standard InChI is InChI=1S/C9H12NO5P/c11-9(12)6-10(7-16(13,14)15)8-4-2-1-3-5-8/h1-5H,6-7H2,(H,11,12)(H2,13,14,15). The van der Waals surface area contributed by atoms with E-state index >= 15 is 0 Å². The number of hydrogen-bond donors (Lipinski definition) is 3. The predicted octanol–water partition coefficient (Wildman–Crippen LogP) is 0.713. The summed E-state index contributed by atoms with van der Waals surface area (Å²) in [7, 11) is -4.28. The van der Waals surface area contributed by atoms with E-state index in [0.29, 0.717) is 5.69 Å². The molecule has 3 N–H and O–H groups in total. The quantitative estimate of drug-likeness (QED) is 0.661. The van der Waals surface area contributed by atoms with E-state index in [1.165, 1.54) is 0 Å². The topological polar surface area (TPSA) is 98.1 Å². The van der Waals surface area contributed by atoms with Gasteiger partial charge in [0.2, 0.25) is 0 Å². The van der Waals surface area contributed by atoms with Crippen LogP contribution in [0.3, 0.4) is 0 Å². The van der Waals surface area contributed by atoms with Gasteiger partial charge in [-0.1, -0.05) is 18.2 Å². The summed E-state index contributed by atoms with van der Waals surface area (Å²) in [6.07, 6.45) is -0.608. The molecule has 6 nitrogen and oxygen atoms in total. The summed E-state index contributed by atoms with van der Waals surface area (Å²) in [6.45, 7) is -0.449. The molecule has 0 aromatic heterocycles. The van der Waals surface area contributed by atoms with Gasteiger partial charge in [-0.2, -0.15) is 0 Å². The van der Waals surface area contributed by atoms with Crippen molar-refractivity contribution in [2.24, 2.45) is 0 Å². The number of carboxylic acid groups (broad SMARTS) is 1. The Balaban J connectivity index is 2.88. The summed E-state index contributed by atoms with van der Waals surface area (Å²) in [5, 5.41) is 8.65. The SMILES string of the molecule is O=C(O)CN(CP(=O)(O)O)c1ccccc1. The Morgan fingerprint density at radius 3 is 2.25 bits per heavy atom. The molecule has 0 saturated carbocycles. The van der Waals surface area contributed by atoms with Crippen LogP contribution in [0.5, 0.6) is 0 Å². The minimum Gasteiger partial charge on any atom is -0.480 e. The van der Waals surface area contributed by atoms with Crippen LogP contribution < -0.4 is 4.90 Å². The Morgan fingerprint density at radius 1 is 1.25 bits per heavy atom. The number of rotatable bonds is 5. The van der Waals surface area contributed by atoms with Gasteiger partial charge in [0.1, 0.15) is 12.8 Å². The fraction of sp³-hybridized carbons (Fsp3) is 0.222. The molecule has 1 aromatic rings. The number of anilines is 1. The molecule has 7 heteroatoms. The van der Waals surface area contributed by atoms with Crippen LogP contribution in [0.15, 0.2) is 30.3 Å². The van der Waals surface area contributed by atoms with Gasteiger partial charge in [-0.15, -0.1) is 0 Å². The van der Waals surface area contributed by atoms with Gasteiger partial charge in [0.15, 0.2) is 0 Å². The van der Waals surface area contributed by atoms with Crippen LogP contribution in [0.4, 0.5) is 5.69 Å². The highest BCUT2D eigenvalue weighted by Gasteiger charge is 2.21. The normalized spacial score (nSPS) is 11.1. The van der Waals surface area contributed by atoms with Crippen LogP contribution in [-0.2, 0) is 9.36 Å². The second-order valence-corrected chi connectivity index (χ2v) is 4.85. The van der Waals surface area contributed by atoms with E-state index in [1.54, 1.807) is 30.3 Å². The van der Waals surface area contributed by atoms with E-state index in [9.17, 15) is 9.36 Å². The number of aliphatic carboxylic acids is 1. The number of carboxylic acids is 1. The van der Waals surface area contributed by atoms with Crippen molar-refractivity contribution in [3.8, 4) is 0 Å². The fourth-order valence-corrected chi connectivity index (χ4v) is 1.96. The van der Waals surface area contributed by atoms with Crippen molar-refractivity contribution in [3.63, 3.8) is 0 Å². The lowest BCUT2D eigenvalue weighted by Gasteiger charge is -2.22. The second kappa shape index (κ2) is 5.12. The first kappa shape index (κ1) is 12.7. The van der Waals surface area contributed by atoms with E-state index < -0.39 is 26.4 Å². The van der Waals surface area contributed by atoms with Crippen molar-refractivity contribution in [3.05, 3.63) is 30.3 Å². The zero-order chi connectivity index (χ0) is 12.2. The smallest absolute Gasteiger partial charge is 0.344 e. The van der Waals surface area contributed by atoms with Gasteiger partial charge >= 0.3 is 13.6 Å². The first-order valence-corrected chi connectivity index (χ1v) is 6.24. The summed E-state index contributed by atoms with van der Waals surface area (Å²) in [4.78, 5) is 29.4. The third kappa shape index (κ3) is 4.44. The average molecular weight is 245 g/mol. The Morgan fingerprint density at radius 2 is 1.81 bits per heavy atom. The van der Waals surface area contributed by atoms with Crippen molar-refractivity contribution in [1.29, 1.82) is 0 Å². The molecule has 1 rings (SSSR count). The zero-order valence-electron chi connectivity index (χ0n) is 8.35. The predicted molar refractivity (Wildman–Crippen MR) is 58.3 cm³/mol. The van der Waals surface area contributed by atoms with Crippen molar-refractivity contribution in [2.75, 3.05) is 17.7 Å². The lowest BCUT2D eigenvalue weighted by molar-refractivity contribution is -0.135. The van der Waals surface area contributed by atoms with E-state index in [0.717, 1.165) is 4.90 Å². The van der Waals surface area contributed by atoms with Gasteiger partial charge in [-0.3, -0.25) is 9.36 Å². The highest BCUT2D eigenvalue weighted by Crippen LogP contribution is 2.36. The molecule has 0 aliphatic rings. The van der Waals surface area contributed by atoms with Gasteiger partial charge in [0, 0.05) is 5.69 Å². The fourth-order valence-electron chi connectivity index (χ4n) is 1.25. The Labute approximate surface area is 92.3 Å². The van der Waals surface area contributed by atoms with Gasteiger partial charge in [-0.05, 0) is 12.1 Å². The van der Waals surface area contributed by atoms with Crippen LogP contribution >= 0.6 is 7.60 Å². The van der Waals surface area contributed by atoms with E-state index in [4.69, 9.17) is 14.9 Å².